The van der Waals surface area contributed by atoms with E-state index in [0.29, 0.717) is 31.5 Å². The van der Waals surface area contributed by atoms with E-state index in [2.05, 4.69) is 34.4 Å². The Morgan fingerprint density at radius 1 is 0.909 bits per heavy atom. The maximum absolute atomic E-state index is 14.9. The smallest absolute Gasteiger partial charge is 0.315 e. The van der Waals surface area contributed by atoms with Gasteiger partial charge in [-0.05, 0) is 65.9 Å². The van der Waals surface area contributed by atoms with Gasteiger partial charge in [0.2, 0.25) is 17.6 Å². The number of ketones is 1. The van der Waals surface area contributed by atoms with E-state index < -0.39 is 58.6 Å². The van der Waals surface area contributed by atoms with Crippen LogP contribution >= 0.6 is 0 Å². The van der Waals surface area contributed by atoms with Crippen molar-refractivity contribution in [3.63, 3.8) is 0 Å². The van der Waals surface area contributed by atoms with E-state index in [0.717, 1.165) is 50.5 Å². The summed E-state index contributed by atoms with van der Waals surface area (Å²) < 4.78 is 0. The fourth-order valence-electron chi connectivity index (χ4n) is 8.47. The highest BCUT2D eigenvalue weighted by molar-refractivity contribution is 6.38. The van der Waals surface area contributed by atoms with Crippen molar-refractivity contribution < 1.29 is 28.8 Å². The lowest BCUT2D eigenvalue weighted by Gasteiger charge is -2.39. The molecule has 5 atom stereocenters. The number of allylic oxidation sites excluding steroid dienone is 1. The number of nitrogens with one attached hydrogen (secondary N) is 4. The third-order valence-electron chi connectivity index (χ3n) is 12.3. The van der Waals surface area contributed by atoms with Crippen molar-refractivity contribution in [2.24, 2.45) is 28.6 Å². The minimum Gasteiger partial charge on any atom is -0.346 e. The van der Waals surface area contributed by atoms with Crippen LogP contribution in [-0.2, 0) is 25.7 Å². The number of hydrogen-bond acceptors (Lipinski definition) is 6. The molecular formula is C43H62N6O6. The van der Waals surface area contributed by atoms with Gasteiger partial charge in [0.1, 0.15) is 12.1 Å². The molecule has 2 heterocycles. The van der Waals surface area contributed by atoms with Crippen LogP contribution in [0.5, 0.6) is 0 Å². The topological polar surface area (TPSA) is 157 Å². The number of rotatable bonds is 16. The molecule has 4 aliphatic rings. The zero-order valence-electron chi connectivity index (χ0n) is 33.5. The zero-order chi connectivity index (χ0) is 40.1. The van der Waals surface area contributed by atoms with Crippen molar-refractivity contribution in [3.8, 4) is 0 Å². The van der Waals surface area contributed by atoms with Crippen molar-refractivity contribution in [2.75, 3.05) is 19.6 Å². The van der Waals surface area contributed by atoms with Gasteiger partial charge >= 0.3 is 6.03 Å². The molecule has 3 fully saturated rings. The molecule has 4 N–H and O–H groups in total. The summed E-state index contributed by atoms with van der Waals surface area (Å²) in [5.41, 5.74) is 0.652. The minimum atomic E-state index is -1.03. The molecule has 2 saturated carbocycles. The van der Waals surface area contributed by atoms with Crippen molar-refractivity contribution in [3.05, 3.63) is 60.7 Å². The number of carbonyl (C=O) groups is 6. The van der Waals surface area contributed by atoms with Crippen LogP contribution in [0.3, 0.4) is 0 Å². The Morgan fingerprint density at radius 2 is 1.60 bits per heavy atom. The van der Waals surface area contributed by atoms with Crippen molar-refractivity contribution in [1.82, 2.24) is 31.1 Å². The molecule has 12 heteroatoms. The normalized spacial score (nSPS) is 21.9. The summed E-state index contributed by atoms with van der Waals surface area (Å²) in [6, 6.07) is 3.72. The third kappa shape index (κ3) is 10.0. The number of Topliss-reactive ketones (excluding diaryl/α,β-unsaturated/α-hetero) is 1. The van der Waals surface area contributed by atoms with Crippen LogP contribution in [-0.4, -0.2) is 89.0 Å². The molecular weight excluding hydrogens is 697 g/mol. The molecule has 55 heavy (non-hydrogen) atoms. The Labute approximate surface area is 326 Å². The number of amides is 6. The van der Waals surface area contributed by atoms with Gasteiger partial charge < -0.3 is 31.1 Å². The molecule has 0 spiro atoms. The fourth-order valence-corrected chi connectivity index (χ4v) is 8.47. The Bertz CT molecular complexity index is 1640. The van der Waals surface area contributed by atoms with Crippen LogP contribution in [0.1, 0.15) is 108 Å². The Hall–Kier alpha value is -4.48. The van der Waals surface area contributed by atoms with Gasteiger partial charge in [0.05, 0.1) is 12.1 Å². The zero-order valence-corrected chi connectivity index (χ0v) is 33.5. The van der Waals surface area contributed by atoms with Gasteiger partial charge in [-0.2, -0.15) is 0 Å². The molecule has 6 amide bonds. The van der Waals surface area contributed by atoms with E-state index in [1.165, 1.54) is 6.08 Å². The standard InChI is InChI=1S/C43H62N6O6/c1-8-22-44-38(52)36(50)32(24-27-19-20-27)45-37(51)35-31(43(6,7)9-2)21-23-49(35)40(54)34(28-15-11-10-12-16-28)47-41(55)46-33(42(3,4)5)26-48-25-29-17-13-14-18-30(29)39(48)53/h8-9,13-14,17-18,27-28,31-35H,1-2,10-12,15-16,19-26H2,3-7H3,(H,44,52)(H,45,51)(H2,46,47,55)/t31?,32?,33-,34+,35+/m1/s1. The molecule has 1 aromatic rings. The predicted molar refractivity (Wildman–Crippen MR) is 212 cm³/mol. The van der Waals surface area contributed by atoms with E-state index in [-0.39, 0.29) is 42.7 Å². The first-order chi connectivity index (χ1) is 26.0. The SMILES string of the molecule is C=CCNC(=O)C(=O)C(CC1CC1)NC(=O)[C@@H]1C(C(C)(C)C=C)CCN1C(=O)[C@@H](NC(=O)N[C@H](CN1Cc2ccccc2C1=O)C(C)(C)C)C1CCCCC1. The lowest BCUT2D eigenvalue weighted by molar-refractivity contribution is -0.144. The minimum absolute atomic E-state index is 0.0730. The Morgan fingerprint density at radius 3 is 2.22 bits per heavy atom. The first kappa shape index (κ1) is 41.7. The third-order valence-corrected chi connectivity index (χ3v) is 12.3. The van der Waals surface area contributed by atoms with Crippen LogP contribution < -0.4 is 21.3 Å². The molecule has 1 saturated heterocycles. The number of likely N-dealkylation sites (tertiary alicyclic amines) is 1. The second kappa shape index (κ2) is 17.5. The highest BCUT2D eigenvalue weighted by atomic mass is 16.2. The fraction of sp³-hybridized carbons (Fsp3) is 0.628. The number of fused-ring (bicyclic) bond motifs is 1. The van der Waals surface area contributed by atoms with Crippen molar-refractivity contribution >= 4 is 35.4 Å². The summed E-state index contributed by atoms with van der Waals surface area (Å²) in [5, 5.41) is 11.6. The molecule has 0 aromatic heterocycles. The number of nitrogens with zero attached hydrogens (tertiary/aromatic N) is 2. The van der Waals surface area contributed by atoms with Gasteiger partial charge in [-0.1, -0.05) is 97.1 Å². The first-order valence-electron chi connectivity index (χ1n) is 20.2. The summed E-state index contributed by atoms with van der Waals surface area (Å²) in [4.78, 5) is 86.1. The molecule has 0 bridgehead atoms. The van der Waals surface area contributed by atoms with Crippen molar-refractivity contribution in [2.45, 2.75) is 123 Å². The summed E-state index contributed by atoms with van der Waals surface area (Å²) in [6.07, 6.45) is 10.4. The largest absolute Gasteiger partial charge is 0.346 e. The summed E-state index contributed by atoms with van der Waals surface area (Å²) >= 11 is 0. The number of urea groups is 1. The monoisotopic (exact) mass is 758 g/mol. The first-order valence-corrected chi connectivity index (χ1v) is 20.2. The van der Waals surface area contributed by atoms with Crippen LogP contribution in [0.25, 0.3) is 0 Å². The highest BCUT2D eigenvalue weighted by Gasteiger charge is 2.50. The summed E-state index contributed by atoms with van der Waals surface area (Å²) in [6.45, 7) is 18.8. The van der Waals surface area contributed by atoms with Crippen LogP contribution in [0, 0.1) is 28.6 Å². The molecule has 5 rings (SSSR count). The van der Waals surface area contributed by atoms with Gasteiger partial charge in [0.15, 0.2) is 0 Å². The van der Waals surface area contributed by atoms with E-state index in [1.807, 2.05) is 58.9 Å². The predicted octanol–water partition coefficient (Wildman–Crippen LogP) is 4.89. The average Bonchev–Trinajstić information content (AvgIpc) is 3.76. The quantitative estimate of drug-likeness (QED) is 0.139. The van der Waals surface area contributed by atoms with Crippen LogP contribution in [0.15, 0.2) is 49.6 Å². The lowest BCUT2D eigenvalue weighted by Crippen LogP contribution is -2.61. The Kier molecular flexibility index (Phi) is 13.3. The van der Waals surface area contributed by atoms with E-state index in [9.17, 15) is 28.8 Å². The molecule has 12 nitrogen and oxygen atoms in total. The van der Waals surface area contributed by atoms with E-state index in [4.69, 9.17) is 0 Å². The average molecular weight is 759 g/mol. The number of hydrogen-bond donors (Lipinski definition) is 4. The molecule has 2 aliphatic heterocycles. The van der Waals surface area contributed by atoms with Gasteiger partial charge in [0, 0.05) is 31.7 Å². The van der Waals surface area contributed by atoms with Crippen LogP contribution in [0.4, 0.5) is 4.79 Å². The molecule has 1 aromatic carbocycles. The number of benzene rings is 1. The maximum atomic E-state index is 14.9. The van der Waals surface area contributed by atoms with Gasteiger partial charge in [-0.25, -0.2) is 4.79 Å². The maximum Gasteiger partial charge on any atom is 0.315 e. The van der Waals surface area contributed by atoms with Crippen molar-refractivity contribution in [1.29, 1.82) is 0 Å². The van der Waals surface area contributed by atoms with Gasteiger partial charge in [0.25, 0.3) is 11.8 Å². The molecule has 0 radical (unpaired) electrons. The molecule has 300 valence electrons. The van der Waals surface area contributed by atoms with E-state index >= 15 is 0 Å². The van der Waals surface area contributed by atoms with Crippen LogP contribution in [0.2, 0.25) is 0 Å². The van der Waals surface area contributed by atoms with Gasteiger partial charge in [-0.15, -0.1) is 13.2 Å². The molecule has 2 unspecified atom stereocenters. The summed E-state index contributed by atoms with van der Waals surface area (Å²) in [7, 11) is 0. The second-order valence-electron chi connectivity index (χ2n) is 17.8. The molecule has 2 aliphatic carbocycles. The second-order valence-corrected chi connectivity index (χ2v) is 17.8. The lowest BCUT2D eigenvalue weighted by atomic mass is 9.74. The summed E-state index contributed by atoms with van der Waals surface area (Å²) in [5.74, 6) is -2.63. The van der Waals surface area contributed by atoms with E-state index in [1.54, 1.807) is 15.9 Å². The van der Waals surface area contributed by atoms with Gasteiger partial charge in [-0.3, -0.25) is 24.0 Å². The Balaban J connectivity index is 1.37. The number of carbonyl (C=O) groups excluding carboxylic acids is 6. The highest BCUT2D eigenvalue weighted by Crippen LogP contribution is 2.41.